The lowest BCUT2D eigenvalue weighted by atomic mass is 9.41. The van der Waals surface area contributed by atoms with E-state index in [4.69, 9.17) is 9.47 Å². The van der Waals surface area contributed by atoms with Gasteiger partial charge in [0.2, 0.25) is 0 Å². The summed E-state index contributed by atoms with van der Waals surface area (Å²) in [5.74, 6) is 2.19. The fourth-order valence-corrected chi connectivity index (χ4v) is 10.3. The summed E-state index contributed by atoms with van der Waals surface area (Å²) in [4.78, 5) is 12.8. The van der Waals surface area contributed by atoms with E-state index in [1.165, 1.54) is 25.7 Å². The predicted molar refractivity (Wildman–Crippen MR) is 132 cm³/mol. The molecule has 0 amide bonds. The van der Waals surface area contributed by atoms with E-state index in [1.54, 1.807) is 5.57 Å². The number of rotatable bonds is 2. The zero-order chi connectivity index (χ0) is 24.5. The standard InChI is InChI=1S/C30H46O4/c1-26(2)22-9-8-20-19(28(22,5)13-12-23(26)31)11-15-29(6)18(10-14-30(20,29)7)17-16-21(33-25(17)32)24-27(3,4)34-24/h8,17-19,21-22,24-25,32H,9-16H2,1-7H3/t17?,18-,19-,21+,22-,24?,25?,28+,29-,30+/m0/s1. The second-order valence-electron chi connectivity index (χ2n) is 14.7. The molecule has 4 heteroatoms. The highest BCUT2D eigenvalue weighted by molar-refractivity contribution is 5.85. The van der Waals surface area contributed by atoms with Crippen molar-refractivity contribution in [2.24, 2.45) is 45.3 Å². The second kappa shape index (κ2) is 6.98. The van der Waals surface area contributed by atoms with E-state index in [-0.39, 0.29) is 45.4 Å². The topological polar surface area (TPSA) is 59.1 Å². The first-order valence-corrected chi connectivity index (χ1v) is 14.0. The van der Waals surface area contributed by atoms with Crippen LogP contribution in [-0.4, -0.2) is 35.0 Å². The molecular weight excluding hydrogens is 424 g/mol. The minimum absolute atomic E-state index is 0.0253. The number of Topliss-reactive ketones (excluding diaryl/α,β-unsaturated/α-hetero) is 1. The molecule has 4 nitrogen and oxygen atoms in total. The Hall–Kier alpha value is -0.710. The zero-order valence-electron chi connectivity index (χ0n) is 22.4. The van der Waals surface area contributed by atoms with Crippen LogP contribution >= 0.6 is 0 Å². The number of allylic oxidation sites excluding steroid dienone is 2. The van der Waals surface area contributed by atoms with Gasteiger partial charge in [-0.1, -0.05) is 46.3 Å². The van der Waals surface area contributed by atoms with Crippen molar-refractivity contribution in [3.05, 3.63) is 11.6 Å². The number of aliphatic hydroxyl groups excluding tert-OH is 1. The molecule has 6 aliphatic rings. The molecule has 0 spiro atoms. The molecule has 0 bridgehead atoms. The Morgan fingerprint density at radius 2 is 1.71 bits per heavy atom. The number of hydrogen-bond acceptors (Lipinski definition) is 4. The molecule has 2 heterocycles. The predicted octanol–water partition coefficient (Wildman–Crippen LogP) is 6.06. The van der Waals surface area contributed by atoms with Gasteiger partial charge in [0.1, 0.15) is 11.9 Å². The first-order valence-electron chi connectivity index (χ1n) is 14.0. The van der Waals surface area contributed by atoms with Crippen LogP contribution in [0.25, 0.3) is 0 Å². The molecule has 2 aliphatic heterocycles. The maximum atomic E-state index is 12.8. The Balaban J connectivity index is 1.30. The molecule has 6 rings (SSSR count). The highest BCUT2D eigenvalue weighted by atomic mass is 16.7. The Morgan fingerprint density at radius 3 is 2.38 bits per heavy atom. The lowest BCUT2D eigenvalue weighted by Crippen LogP contribution is -2.57. The summed E-state index contributed by atoms with van der Waals surface area (Å²) in [6.45, 7) is 16.2. The van der Waals surface area contributed by atoms with Gasteiger partial charge < -0.3 is 14.6 Å². The van der Waals surface area contributed by atoms with Gasteiger partial charge in [-0.3, -0.25) is 4.79 Å². The lowest BCUT2D eigenvalue weighted by molar-refractivity contribution is -0.147. The lowest BCUT2D eigenvalue weighted by Gasteiger charge is -2.63. The molecule has 10 atom stereocenters. The second-order valence-corrected chi connectivity index (χ2v) is 14.7. The molecule has 34 heavy (non-hydrogen) atoms. The van der Waals surface area contributed by atoms with Crippen LogP contribution in [0.4, 0.5) is 0 Å². The molecular formula is C30H46O4. The first-order chi connectivity index (χ1) is 15.8. The van der Waals surface area contributed by atoms with Gasteiger partial charge in [0, 0.05) is 17.8 Å². The number of epoxide rings is 1. The summed E-state index contributed by atoms with van der Waals surface area (Å²) in [6.07, 6.45) is 10.6. The molecule has 3 unspecified atom stereocenters. The van der Waals surface area contributed by atoms with Gasteiger partial charge in [-0.15, -0.1) is 0 Å². The Bertz CT molecular complexity index is 934. The van der Waals surface area contributed by atoms with E-state index in [0.717, 1.165) is 25.7 Å². The number of ether oxygens (including phenoxy) is 2. The molecule has 2 saturated heterocycles. The number of ketones is 1. The fourth-order valence-electron chi connectivity index (χ4n) is 10.3. The summed E-state index contributed by atoms with van der Waals surface area (Å²) < 4.78 is 12.0. The van der Waals surface area contributed by atoms with Crippen molar-refractivity contribution < 1.29 is 19.4 Å². The van der Waals surface area contributed by atoms with Crippen LogP contribution in [0.1, 0.15) is 99.8 Å². The monoisotopic (exact) mass is 470 g/mol. The van der Waals surface area contributed by atoms with Crippen LogP contribution in [0.5, 0.6) is 0 Å². The van der Waals surface area contributed by atoms with Crippen LogP contribution in [0, 0.1) is 45.3 Å². The minimum Gasteiger partial charge on any atom is -0.368 e. The highest BCUT2D eigenvalue weighted by Crippen LogP contribution is 2.73. The number of aliphatic hydroxyl groups is 1. The third-order valence-electron chi connectivity index (χ3n) is 12.7. The van der Waals surface area contributed by atoms with Crippen molar-refractivity contribution in [3.63, 3.8) is 0 Å². The molecule has 0 aromatic carbocycles. The number of fused-ring (bicyclic) bond motifs is 5. The van der Waals surface area contributed by atoms with Gasteiger partial charge in [0.25, 0.3) is 0 Å². The van der Waals surface area contributed by atoms with Crippen molar-refractivity contribution in [1.29, 1.82) is 0 Å². The summed E-state index contributed by atoms with van der Waals surface area (Å²) in [5, 5.41) is 11.0. The van der Waals surface area contributed by atoms with Crippen molar-refractivity contribution in [1.82, 2.24) is 0 Å². The van der Waals surface area contributed by atoms with Crippen LogP contribution in [0.3, 0.4) is 0 Å². The zero-order valence-corrected chi connectivity index (χ0v) is 22.4. The quantitative estimate of drug-likeness (QED) is 0.393. The molecule has 4 aliphatic carbocycles. The number of hydrogen-bond donors (Lipinski definition) is 1. The van der Waals surface area contributed by atoms with Gasteiger partial charge in [0.05, 0.1) is 11.7 Å². The highest BCUT2D eigenvalue weighted by Gasteiger charge is 2.67. The third kappa shape index (κ3) is 2.85. The van der Waals surface area contributed by atoms with Crippen molar-refractivity contribution in [3.8, 4) is 0 Å². The summed E-state index contributed by atoms with van der Waals surface area (Å²) >= 11 is 0. The van der Waals surface area contributed by atoms with Gasteiger partial charge in [-0.2, -0.15) is 0 Å². The number of carbonyl (C=O) groups excluding carboxylic acids is 1. The van der Waals surface area contributed by atoms with Crippen molar-refractivity contribution >= 4 is 5.78 Å². The molecule has 190 valence electrons. The van der Waals surface area contributed by atoms with Crippen molar-refractivity contribution in [2.75, 3.05) is 0 Å². The molecule has 1 N–H and O–H groups in total. The molecule has 0 radical (unpaired) electrons. The van der Waals surface area contributed by atoms with E-state index in [9.17, 15) is 9.90 Å². The van der Waals surface area contributed by atoms with Crippen LogP contribution in [0.2, 0.25) is 0 Å². The maximum Gasteiger partial charge on any atom is 0.158 e. The Kier molecular flexibility index (Phi) is 4.86. The van der Waals surface area contributed by atoms with Gasteiger partial charge in [-0.25, -0.2) is 0 Å². The van der Waals surface area contributed by atoms with Gasteiger partial charge >= 0.3 is 0 Å². The Labute approximate surface area is 206 Å². The van der Waals surface area contributed by atoms with Crippen LogP contribution < -0.4 is 0 Å². The molecule has 0 aromatic rings. The van der Waals surface area contributed by atoms with Gasteiger partial charge in [0.15, 0.2) is 6.29 Å². The van der Waals surface area contributed by atoms with E-state index in [0.29, 0.717) is 23.5 Å². The SMILES string of the molecule is CC1(C)OC1[C@H]1CC([C@@H]2CC[C@]3(C)C4=CC[C@H]5C(C)(C)C(=O)CC[C@]5(C)[C@H]4CC[C@@]23C)C(O)O1. The fraction of sp³-hybridized carbons (Fsp3) is 0.900. The van der Waals surface area contributed by atoms with Crippen LogP contribution in [-0.2, 0) is 14.3 Å². The summed E-state index contributed by atoms with van der Waals surface area (Å²) in [6, 6.07) is 0. The number of carbonyl (C=O) groups is 1. The van der Waals surface area contributed by atoms with E-state index >= 15 is 0 Å². The van der Waals surface area contributed by atoms with E-state index in [2.05, 4.69) is 54.5 Å². The van der Waals surface area contributed by atoms with Crippen LogP contribution in [0.15, 0.2) is 11.6 Å². The third-order valence-corrected chi connectivity index (χ3v) is 12.7. The first kappa shape index (κ1) is 23.7. The van der Waals surface area contributed by atoms with E-state index < -0.39 is 6.29 Å². The largest absolute Gasteiger partial charge is 0.368 e. The Morgan fingerprint density at radius 1 is 1.00 bits per heavy atom. The average molecular weight is 471 g/mol. The minimum atomic E-state index is -0.667. The maximum absolute atomic E-state index is 12.8. The normalized spacial score (nSPS) is 55.2. The molecule has 5 fully saturated rings. The average Bonchev–Trinajstić information content (AvgIpc) is 3.08. The molecule has 0 aromatic heterocycles. The van der Waals surface area contributed by atoms with Crippen molar-refractivity contribution in [2.45, 2.75) is 124 Å². The smallest absolute Gasteiger partial charge is 0.158 e. The summed E-state index contributed by atoms with van der Waals surface area (Å²) in [5.41, 5.74) is 1.95. The molecule has 3 saturated carbocycles. The summed E-state index contributed by atoms with van der Waals surface area (Å²) in [7, 11) is 0. The van der Waals surface area contributed by atoms with E-state index in [1.807, 2.05) is 0 Å². The van der Waals surface area contributed by atoms with Gasteiger partial charge in [-0.05, 0) is 92.8 Å².